The van der Waals surface area contributed by atoms with E-state index in [0.29, 0.717) is 6.42 Å². The van der Waals surface area contributed by atoms with Crippen LogP contribution in [0.5, 0.6) is 0 Å². The predicted octanol–water partition coefficient (Wildman–Crippen LogP) is 2.29. The summed E-state index contributed by atoms with van der Waals surface area (Å²) in [6.07, 6.45) is 0.467. The molecular formula is C15H18O4. The van der Waals surface area contributed by atoms with E-state index in [9.17, 15) is 9.59 Å². The summed E-state index contributed by atoms with van der Waals surface area (Å²) in [5.41, 5.74) is -0.156. The Bertz CT molecular complexity index is 448. The van der Waals surface area contributed by atoms with Gasteiger partial charge in [-0.15, -0.1) is 0 Å². The molecule has 1 atom stereocenters. The second-order valence-electron chi connectivity index (χ2n) is 4.58. The van der Waals surface area contributed by atoms with Gasteiger partial charge in [0.1, 0.15) is 0 Å². The number of carbonyl (C=O) groups is 2. The molecule has 4 heteroatoms. The first-order valence-electron chi connectivity index (χ1n) is 6.56. The summed E-state index contributed by atoms with van der Waals surface area (Å²) >= 11 is 0. The molecule has 0 unspecified atom stereocenters. The molecule has 0 heterocycles. The maximum Gasteiger partial charge on any atom is 0.324 e. The minimum Gasteiger partial charge on any atom is -0.465 e. The Labute approximate surface area is 112 Å². The number of hydrogen-bond acceptors (Lipinski definition) is 4. The molecule has 0 N–H and O–H groups in total. The Morgan fingerprint density at radius 2 is 1.63 bits per heavy atom. The van der Waals surface area contributed by atoms with E-state index >= 15 is 0 Å². The van der Waals surface area contributed by atoms with Gasteiger partial charge < -0.3 is 9.47 Å². The molecule has 1 aliphatic rings. The molecule has 0 spiro atoms. The first-order valence-corrected chi connectivity index (χ1v) is 6.56. The Morgan fingerprint density at radius 1 is 1.11 bits per heavy atom. The summed E-state index contributed by atoms with van der Waals surface area (Å²) in [7, 11) is 0. The van der Waals surface area contributed by atoms with Crippen LogP contribution in [-0.2, 0) is 19.1 Å². The van der Waals surface area contributed by atoms with Crippen LogP contribution in [-0.4, -0.2) is 25.2 Å². The molecule has 0 saturated heterocycles. The summed E-state index contributed by atoms with van der Waals surface area (Å²) in [5, 5.41) is 0. The van der Waals surface area contributed by atoms with Crippen LogP contribution >= 0.6 is 0 Å². The van der Waals surface area contributed by atoms with Gasteiger partial charge in [0.25, 0.3) is 0 Å². The number of hydrogen-bond donors (Lipinski definition) is 0. The van der Waals surface area contributed by atoms with Crippen molar-refractivity contribution in [1.29, 1.82) is 0 Å². The molecule has 1 aromatic rings. The molecule has 2 rings (SSSR count). The molecule has 1 fully saturated rings. The average molecular weight is 262 g/mol. The van der Waals surface area contributed by atoms with Crippen LogP contribution in [0.4, 0.5) is 0 Å². The topological polar surface area (TPSA) is 52.6 Å². The largest absolute Gasteiger partial charge is 0.465 e. The highest BCUT2D eigenvalue weighted by molar-refractivity contribution is 6.05. The third-order valence-electron chi connectivity index (χ3n) is 3.44. The van der Waals surface area contributed by atoms with Gasteiger partial charge in [-0.3, -0.25) is 9.59 Å². The second kappa shape index (κ2) is 5.43. The standard InChI is InChI=1S/C15H18O4/c1-3-18-13(16)15(14(17)19-4-2)10-12(15)11-8-6-5-7-9-11/h5-9,12H,3-4,10H2,1-2H3/t12-/m1/s1. The molecule has 1 aliphatic carbocycles. The van der Waals surface area contributed by atoms with Crippen LogP contribution in [0.1, 0.15) is 31.7 Å². The van der Waals surface area contributed by atoms with Crippen LogP contribution in [0.15, 0.2) is 30.3 Å². The van der Waals surface area contributed by atoms with E-state index < -0.39 is 17.4 Å². The first kappa shape index (κ1) is 13.6. The fraction of sp³-hybridized carbons (Fsp3) is 0.467. The van der Waals surface area contributed by atoms with E-state index in [2.05, 4.69) is 0 Å². The quantitative estimate of drug-likeness (QED) is 0.603. The molecule has 1 aromatic carbocycles. The lowest BCUT2D eigenvalue weighted by molar-refractivity contribution is -0.164. The molecule has 0 amide bonds. The zero-order valence-corrected chi connectivity index (χ0v) is 11.2. The number of benzene rings is 1. The van der Waals surface area contributed by atoms with E-state index in [-0.39, 0.29) is 19.1 Å². The van der Waals surface area contributed by atoms with Crippen molar-refractivity contribution in [3.05, 3.63) is 35.9 Å². The lowest BCUT2D eigenvalue weighted by atomic mass is 9.99. The molecule has 0 aliphatic heterocycles. The third-order valence-corrected chi connectivity index (χ3v) is 3.44. The summed E-state index contributed by atoms with van der Waals surface area (Å²) < 4.78 is 10.1. The SMILES string of the molecule is CCOC(=O)C1(C(=O)OCC)C[C@@H]1c1ccccc1. The normalized spacial score (nSPS) is 19.6. The highest BCUT2D eigenvalue weighted by Crippen LogP contribution is 2.60. The predicted molar refractivity (Wildman–Crippen MR) is 69.5 cm³/mol. The van der Waals surface area contributed by atoms with E-state index in [4.69, 9.17) is 9.47 Å². The highest BCUT2D eigenvalue weighted by atomic mass is 16.6. The van der Waals surface area contributed by atoms with Crippen molar-refractivity contribution in [2.45, 2.75) is 26.2 Å². The molecule has 102 valence electrons. The Hall–Kier alpha value is -1.84. The van der Waals surface area contributed by atoms with Gasteiger partial charge in [-0.25, -0.2) is 0 Å². The number of rotatable bonds is 5. The van der Waals surface area contributed by atoms with Crippen molar-refractivity contribution in [3.63, 3.8) is 0 Å². The summed E-state index contributed by atoms with van der Waals surface area (Å²) in [5.74, 6) is -1.07. The molecule has 1 saturated carbocycles. The van der Waals surface area contributed by atoms with Crippen LogP contribution in [0.2, 0.25) is 0 Å². The van der Waals surface area contributed by atoms with Crippen molar-refractivity contribution in [2.24, 2.45) is 5.41 Å². The Kier molecular flexibility index (Phi) is 3.88. The van der Waals surface area contributed by atoms with Gasteiger partial charge >= 0.3 is 11.9 Å². The van der Waals surface area contributed by atoms with Crippen molar-refractivity contribution in [1.82, 2.24) is 0 Å². The van der Waals surface area contributed by atoms with Crippen LogP contribution in [0.25, 0.3) is 0 Å². The van der Waals surface area contributed by atoms with E-state index in [1.54, 1.807) is 13.8 Å². The molecular weight excluding hydrogens is 244 g/mol. The van der Waals surface area contributed by atoms with Gasteiger partial charge in [-0.05, 0) is 25.8 Å². The number of esters is 2. The average Bonchev–Trinajstić information content (AvgIpc) is 3.17. The minimum atomic E-state index is -1.13. The summed E-state index contributed by atoms with van der Waals surface area (Å²) in [6.45, 7) is 4.00. The number of ether oxygens (including phenoxy) is 2. The van der Waals surface area contributed by atoms with Gasteiger partial charge in [0.2, 0.25) is 0 Å². The Balaban J connectivity index is 2.24. The summed E-state index contributed by atoms with van der Waals surface area (Å²) in [6, 6.07) is 9.54. The summed E-state index contributed by atoms with van der Waals surface area (Å²) in [4.78, 5) is 24.2. The highest BCUT2D eigenvalue weighted by Gasteiger charge is 2.68. The zero-order valence-electron chi connectivity index (χ0n) is 11.2. The lowest BCUT2D eigenvalue weighted by Gasteiger charge is -2.14. The zero-order chi connectivity index (χ0) is 13.9. The third kappa shape index (κ3) is 2.35. The Morgan fingerprint density at radius 3 is 2.11 bits per heavy atom. The van der Waals surface area contributed by atoms with Crippen LogP contribution in [0.3, 0.4) is 0 Å². The number of carbonyl (C=O) groups excluding carboxylic acids is 2. The van der Waals surface area contributed by atoms with Gasteiger partial charge in [-0.1, -0.05) is 30.3 Å². The van der Waals surface area contributed by atoms with E-state index in [1.165, 1.54) is 0 Å². The maximum atomic E-state index is 12.1. The lowest BCUT2D eigenvalue weighted by Crippen LogP contribution is -2.31. The fourth-order valence-electron chi connectivity index (χ4n) is 2.41. The van der Waals surface area contributed by atoms with Crippen LogP contribution in [0, 0.1) is 5.41 Å². The van der Waals surface area contributed by atoms with Crippen molar-refractivity contribution in [2.75, 3.05) is 13.2 Å². The molecule has 0 bridgehead atoms. The van der Waals surface area contributed by atoms with Crippen molar-refractivity contribution < 1.29 is 19.1 Å². The first-order chi connectivity index (χ1) is 9.16. The van der Waals surface area contributed by atoms with Crippen LogP contribution < -0.4 is 0 Å². The molecule has 19 heavy (non-hydrogen) atoms. The van der Waals surface area contributed by atoms with Gasteiger partial charge in [-0.2, -0.15) is 0 Å². The van der Waals surface area contributed by atoms with Gasteiger partial charge in [0, 0.05) is 5.92 Å². The second-order valence-corrected chi connectivity index (χ2v) is 4.58. The van der Waals surface area contributed by atoms with Crippen molar-refractivity contribution >= 4 is 11.9 Å². The van der Waals surface area contributed by atoms with Crippen molar-refractivity contribution in [3.8, 4) is 0 Å². The van der Waals surface area contributed by atoms with Gasteiger partial charge in [0.15, 0.2) is 5.41 Å². The van der Waals surface area contributed by atoms with E-state index in [1.807, 2.05) is 30.3 Å². The van der Waals surface area contributed by atoms with Gasteiger partial charge in [0.05, 0.1) is 13.2 Å². The minimum absolute atomic E-state index is 0.133. The smallest absolute Gasteiger partial charge is 0.324 e. The van der Waals surface area contributed by atoms with E-state index in [0.717, 1.165) is 5.56 Å². The molecule has 0 aromatic heterocycles. The monoisotopic (exact) mass is 262 g/mol. The molecule has 0 radical (unpaired) electrons. The maximum absolute atomic E-state index is 12.1. The molecule has 4 nitrogen and oxygen atoms in total. The fourth-order valence-corrected chi connectivity index (χ4v) is 2.41.